The first-order chi connectivity index (χ1) is 13.3. The molecule has 3 nitrogen and oxygen atoms in total. The van der Waals surface area contributed by atoms with Gasteiger partial charge < -0.3 is 14.2 Å². The van der Waals surface area contributed by atoms with Crippen molar-refractivity contribution in [2.45, 2.75) is 51.9 Å². The quantitative estimate of drug-likeness (QED) is 0.592. The monoisotopic (exact) mass is 402 g/mol. The van der Waals surface area contributed by atoms with E-state index in [2.05, 4.69) is 11.8 Å². The molecule has 1 heterocycles. The molecule has 1 aliphatic rings. The molecule has 0 N–H and O–H groups in total. The van der Waals surface area contributed by atoms with Crippen molar-refractivity contribution in [3.8, 4) is 23.3 Å². The fourth-order valence-electron chi connectivity index (χ4n) is 2.76. The highest BCUT2D eigenvalue weighted by molar-refractivity contribution is 6.32. The first kappa shape index (κ1) is 20.5. The van der Waals surface area contributed by atoms with E-state index in [1.807, 2.05) is 45.0 Å². The van der Waals surface area contributed by atoms with Crippen molar-refractivity contribution in [2.75, 3.05) is 6.61 Å². The fourth-order valence-corrected chi connectivity index (χ4v) is 2.96. The highest BCUT2D eigenvalue weighted by Gasteiger charge is 2.18. The first-order valence-corrected chi connectivity index (χ1v) is 9.76. The summed E-state index contributed by atoms with van der Waals surface area (Å²) in [6, 6.07) is 10.1. The second-order valence-corrected chi connectivity index (χ2v) is 8.07. The molecule has 2 aromatic rings. The molecule has 0 amide bonds. The van der Waals surface area contributed by atoms with E-state index in [4.69, 9.17) is 25.8 Å². The Bertz CT molecular complexity index is 870. The van der Waals surface area contributed by atoms with Crippen molar-refractivity contribution in [2.24, 2.45) is 0 Å². The summed E-state index contributed by atoms with van der Waals surface area (Å²) in [6.07, 6.45) is 2.49. The Hall–Kier alpha value is -2.22. The molecular formula is C23H24ClFO3. The van der Waals surface area contributed by atoms with Crippen LogP contribution in [-0.4, -0.2) is 18.5 Å². The molecule has 3 rings (SSSR count). The molecule has 0 spiro atoms. The van der Waals surface area contributed by atoms with Gasteiger partial charge in [0.25, 0.3) is 0 Å². The molecule has 1 aliphatic heterocycles. The van der Waals surface area contributed by atoms with Gasteiger partial charge in [0.15, 0.2) is 6.29 Å². The van der Waals surface area contributed by atoms with Crippen molar-refractivity contribution in [1.29, 1.82) is 0 Å². The van der Waals surface area contributed by atoms with Crippen LogP contribution in [0.3, 0.4) is 0 Å². The van der Waals surface area contributed by atoms with E-state index in [-0.39, 0.29) is 22.5 Å². The number of rotatable bonds is 3. The first-order valence-electron chi connectivity index (χ1n) is 9.38. The second kappa shape index (κ2) is 8.86. The van der Waals surface area contributed by atoms with Crippen molar-refractivity contribution >= 4 is 11.6 Å². The Morgan fingerprint density at radius 2 is 1.86 bits per heavy atom. The summed E-state index contributed by atoms with van der Waals surface area (Å²) < 4.78 is 31.4. The number of hydrogen-bond donors (Lipinski definition) is 0. The average molecular weight is 403 g/mol. The van der Waals surface area contributed by atoms with Crippen LogP contribution in [0.25, 0.3) is 0 Å². The smallest absolute Gasteiger partial charge is 0.199 e. The Morgan fingerprint density at radius 3 is 2.50 bits per heavy atom. The lowest BCUT2D eigenvalue weighted by molar-refractivity contribution is -0.105. The van der Waals surface area contributed by atoms with Gasteiger partial charge >= 0.3 is 0 Å². The van der Waals surface area contributed by atoms with Gasteiger partial charge in [-0.15, -0.1) is 0 Å². The molecule has 148 valence electrons. The van der Waals surface area contributed by atoms with Crippen LogP contribution in [0.4, 0.5) is 4.39 Å². The second-order valence-electron chi connectivity index (χ2n) is 7.67. The summed E-state index contributed by atoms with van der Waals surface area (Å²) in [4.78, 5) is 0. The number of benzene rings is 2. The number of hydrogen-bond acceptors (Lipinski definition) is 3. The molecule has 0 bridgehead atoms. The summed E-state index contributed by atoms with van der Waals surface area (Å²) in [6.45, 7) is 6.62. The maximum atomic E-state index is 14.3. The minimum absolute atomic E-state index is 0.209. The van der Waals surface area contributed by atoms with Crippen molar-refractivity contribution < 1.29 is 18.6 Å². The zero-order chi connectivity index (χ0) is 20.1. The highest BCUT2D eigenvalue weighted by atomic mass is 35.5. The van der Waals surface area contributed by atoms with Crippen LogP contribution < -0.4 is 9.47 Å². The fraction of sp³-hybridized carbons (Fsp3) is 0.391. The van der Waals surface area contributed by atoms with Gasteiger partial charge in [0.1, 0.15) is 22.9 Å². The largest absolute Gasteiger partial charge is 0.488 e. The lowest BCUT2D eigenvalue weighted by Crippen LogP contribution is -2.25. The van der Waals surface area contributed by atoms with E-state index in [1.54, 1.807) is 0 Å². The Labute approximate surface area is 170 Å². The van der Waals surface area contributed by atoms with Gasteiger partial charge in [-0.05, 0) is 63.9 Å². The zero-order valence-electron chi connectivity index (χ0n) is 16.4. The summed E-state index contributed by atoms with van der Waals surface area (Å²) in [5.41, 5.74) is 0.719. The van der Waals surface area contributed by atoms with Crippen LogP contribution in [-0.2, 0) is 4.74 Å². The van der Waals surface area contributed by atoms with Crippen LogP contribution in [0, 0.1) is 17.7 Å². The molecule has 0 aliphatic carbocycles. The van der Waals surface area contributed by atoms with Gasteiger partial charge in [0.2, 0.25) is 0 Å². The van der Waals surface area contributed by atoms with Gasteiger partial charge in [-0.2, -0.15) is 0 Å². The van der Waals surface area contributed by atoms with Crippen molar-refractivity contribution in [1.82, 2.24) is 0 Å². The SMILES string of the molecule is CC(C)(C)Oc1ccc(C#Cc2cc(OC3CCCCO3)c(Cl)cc2F)cc1. The predicted molar refractivity (Wildman–Crippen MR) is 108 cm³/mol. The van der Waals surface area contributed by atoms with Gasteiger partial charge in [-0.1, -0.05) is 23.4 Å². The number of ether oxygens (including phenoxy) is 3. The van der Waals surface area contributed by atoms with Crippen LogP contribution in [0.5, 0.6) is 11.5 Å². The molecular weight excluding hydrogens is 379 g/mol. The summed E-state index contributed by atoms with van der Waals surface area (Å²) in [5.74, 6) is 6.48. The maximum Gasteiger partial charge on any atom is 0.199 e. The van der Waals surface area contributed by atoms with Crippen molar-refractivity contribution in [3.05, 3.63) is 58.4 Å². The molecule has 1 unspecified atom stereocenters. The summed E-state index contributed by atoms with van der Waals surface area (Å²) in [5, 5.41) is 0.209. The standard InChI is InChI=1S/C23H24ClFO3/c1-23(2,3)28-18-11-8-16(9-12-18)7-10-17-14-21(19(24)15-20(17)25)27-22-6-4-5-13-26-22/h8-9,11-12,14-15,22H,4-6,13H2,1-3H3. The van der Waals surface area contributed by atoms with Gasteiger partial charge in [0.05, 0.1) is 17.2 Å². The minimum atomic E-state index is -0.484. The molecule has 5 heteroatoms. The third-order valence-corrected chi connectivity index (χ3v) is 4.33. The third-order valence-electron chi connectivity index (χ3n) is 4.04. The van der Waals surface area contributed by atoms with E-state index in [1.165, 1.54) is 12.1 Å². The van der Waals surface area contributed by atoms with Crippen molar-refractivity contribution in [3.63, 3.8) is 0 Å². The molecule has 1 fully saturated rings. The van der Waals surface area contributed by atoms with E-state index in [0.717, 1.165) is 30.6 Å². The summed E-state index contributed by atoms with van der Waals surface area (Å²) in [7, 11) is 0. The molecule has 0 saturated carbocycles. The minimum Gasteiger partial charge on any atom is -0.488 e. The number of halogens is 2. The lowest BCUT2D eigenvalue weighted by atomic mass is 10.1. The van der Waals surface area contributed by atoms with Crippen LogP contribution in [0.2, 0.25) is 5.02 Å². The average Bonchev–Trinajstić information content (AvgIpc) is 2.64. The maximum absolute atomic E-state index is 14.3. The Kier molecular flexibility index (Phi) is 6.49. The highest BCUT2D eigenvalue weighted by Crippen LogP contribution is 2.30. The Balaban J connectivity index is 1.76. The summed E-state index contributed by atoms with van der Waals surface area (Å²) >= 11 is 6.13. The van der Waals surface area contributed by atoms with Gasteiger partial charge in [-0.25, -0.2) is 4.39 Å². The predicted octanol–water partition coefficient (Wildman–Crippen LogP) is 5.96. The lowest BCUT2D eigenvalue weighted by Gasteiger charge is -2.24. The van der Waals surface area contributed by atoms with E-state index >= 15 is 0 Å². The molecule has 2 aromatic carbocycles. The molecule has 0 radical (unpaired) electrons. The van der Waals surface area contributed by atoms with Crippen LogP contribution >= 0.6 is 11.6 Å². The van der Waals surface area contributed by atoms with E-state index < -0.39 is 5.82 Å². The van der Waals surface area contributed by atoms with Gasteiger partial charge in [0, 0.05) is 18.1 Å². The molecule has 0 aromatic heterocycles. The molecule has 1 saturated heterocycles. The van der Waals surface area contributed by atoms with Gasteiger partial charge in [-0.3, -0.25) is 0 Å². The zero-order valence-corrected chi connectivity index (χ0v) is 17.1. The van der Waals surface area contributed by atoms with E-state index in [9.17, 15) is 4.39 Å². The third kappa shape index (κ3) is 5.89. The van der Waals surface area contributed by atoms with Crippen LogP contribution in [0.1, 0.15) is 51.2 Å². The Morgan fingerprint density at radius 1 is 1.11 bits per heavy atom. The normalized spacial score (nSPS) is 16.8. The van der Waals surface area contributed by atoms with E-state index in [0.29, 0.717) is 12.4 Å². The van der Waals surface area contributed by atoms with Crippen LogP contribution in [0.15, 0.2) is 36.4 Å². The molecule has 1 atom stereocenters. The topological polar surface area (TPSA) is 27.7 Å². The molecule has 28 heavy (non-hydrogen) atoms.